The van der Waals surface area contributed by atoms with Crippen LogP contribution in [-0.2, 0) is 17.6 Å². The molecule has 0 fully saturated rings. The second kappa shape index (κ2) is 8.92. The molecule has 0 radical (unpaired) electrons. The monoisotopic (exact) mass is 415 g/mol. The summed E-state index contributed by atoms with van der Waals surface area (Å²) in [5, 5.41) is 24.2. The number of carbonyl (C=O) groups is 1. The largest absolute Gasteiger partial charge is 0.496 e. The first-order chi connectivity index (χ1) is 13.9. The number of fused-ring (bicyclic) bond motifs is 1. The van der Waals surface area contributed by atoms with E-state index in [9.17, 15) is 20.2 Å². The van der Waals surface area contributed by atoms with E-state index in [1.807, 2.05) is 0 Å². The van der Waals surface area contributed by atoms with Gasteiger partial charge in [-0.15, -0.1) is 11.3 Å². The second-order valence-electron chi connectivity index (χ2n) is 6.72. The highest BCUT2D eigenvalue weighted by molar-refractivity contribution is 7.16. The number of hydrogen-bond acceptors (Lipinski definition) is 7. The number of anilines is 1. The first-order valence-corrected chi connectivity index (χ1v) is 10.1. The third-order valence-corrected chi connectivity index (χ3v) is 6.01. The van der Waals surface area contributed by atoms with Crippen LogP contribution in [0.1, 0.15) is 42.2 Å². The molecule has 0 bridgehead atoms. The minimum absolute atomic E-state index is 0.0269. The van der Waals surface area contributed by atoms with Gasteiger partial charge in [-0.1, -0.05) is 6.42 Å². The van der Waals surface area contributed by atoms with Crippen LogP contribution in [0.25, 0.3) is 0 Å². The van der Waals surface area contributed by atoms with Crippen molar-refractivity contribution in [3.8, 4) is 17.6 Å². The molecule has 29 heavy (non-hydrogen) atoms. The second-order valence-corrected chi connectivity index (χ2v) is 7.83. The molecule has 0 saturated carbocycles. The topological polar surface area (TPSA) is 114 Å². The van der Waals surface area contributed by atoms with Gasteiger partial charge in [0.2, 0.25) is 0 Å². The average molecular weight is 415 g/mol. The van der Waals surface area contributed by atoms with Crippen LogP contribution in [0.2, 0.25) is 0 Å². The Labute approximate surface area is 172 Å². The van der Waals surface area contributed by atoms with Crippen molar-refractivity contribution >= 4 is 27.9 Å². The number of amides is 1. The van der Waals surface area contributed by atoms with Gasteiger partial charge < -0.3 is 14.8 Å². The lowest BCUT2D eigenvalue weighted by molar-refractivity contribution is -0.386. The molecule has 0 aliphatic heterocycles. The SMILES string of the molecule is COc1ccc(OC(C)C(=O)Nc2sc3c(c2C#N)CCCCC3)c([N+](=O)[O-])c1. The van der Waals surface area contributed by atoms with E-state index in [-0.39, 0.29) is 11.4 Å². The highest BCUT2D eigenvalue weighted by Gasteiger charge is 2.25. The summed E-state index contributed by atoms with van der Waals surface area (Å²) < 4.78 is 10.5. The summed E-state index contributed by atoms with van der Waals surface area (Å²) in [5.74, 6) is -0.177. The Hall–Kier alpha value is -3.12. The van der Waals surface area contributed by atoms with Crippen molar-refractivity contribution in [1.82, 2.24) is 0 Å². The average Bonchev–Trinajstić information content (AvgIpc) is 2.86. The molecular weight excluding hydrogens is 394 g/mol. The minimum atomic E-state index is -0.990. The van der Waals surface area contributed by atoms with Gasteiger partial charge in [-0.3, -0.25) is 14.9 Å². The number of rotatable bonds is 6. The van der Waals surface area contributed by atoms with Gasteiger partial charge in [-0.2, -0.15) is 5.26 Å². The van der Waals surface area contributed by atoms with E-state index in [2.05, 4.69) is 11.4 Å². The molecule has 0 saturated heterocycles. The molecule has 9 heteroatoms. The molecule has 1 aromatic carbocycles. The Kier molecular flexibility index (Phi) is 6.34. The van der Waals surface area contributed by atoms with E-state index in [0.29, 0.717) is 16.3 Å². The van der Waals surface area contributed by atoms with Crippen molar-refractivity contribution in [2.75, 3.05) is 12.4 Å². The molecule has 1 unspecified atom stereocenters. The Morgan fingerprint density at radius 3 is 2.79 bits per heavy atom. The standard InChI is InChI=1S/C20H21N3O5S/c1-12(28-17-9-8-13(27-2)10-16(17)23(25)26)19(24)22-20-15(11-21)14-6-4-3-5-7-18(14)29-20/h8-10,12H,3-7H2,1-2H3,(H,22,24). The Bertz CT molecular complexity index is 979. The summed E-state index contributed by atoms with van der Waals surface area (Å²) in [4.78, 5) is 24.5. The Balaban J connectivity index is 1.77. The molecule has 1 aromatic heterocycles. The van der Waals surface area contributed by atoms with Crippen LogP contribution in [0.3, 0.4) is 0 Å². The molecule has 152 valence electrons. The summed E-state index contributed by atoms with van der Waals surface area (Å²) in [7, 11) is 1.41. The molecular formula is C20H21N3O5S. The maximum atomic E-state index is 12.6. The number of methoxy groups -OCH3 is 1. The van der Waals surface area contributed by atoms with Crippen molar-refractivity contribution in [3.05, 3.63) is 44.3 Å². The van der Waals surface area contributed by atoms with Crippen LogP contribution < -0.4 is 14.8 Å². The zero-order valence-electron chi connectivity index (χ0n) is 16.2. The van der Waals surface area contributed by atoms with Crippen molar-refractivity contribution < 1.29 is 19.2 Å². The van der Waals surface area contributed by atoms with Crippen molar-refractivity contribution in [2.24, 2.45) is 0 Å². The third kappa shape index (κ3) is 4.49. The molecule has 1 amide bonds. The number of thiophene rings is 1. The zero-order valence-corrected chi connectivity index (χ0v) is 17.0. The smallest absolute Gasteiger partial charge is 0.314 e. The third-order valence-electron chi connectivity index (χ3n) is 4.81. The fourth-order valence-corrected chi connectivity index (χ4v) is 4.52. The number of benzene rings is 1. The molecule has 1 aliphatic rings. The van der Waals surface area contributed by atoms with Gasteiger partial charge in [0.05, 0.1) is 23.7 Å². The quantitative estimate of drug-likeness (QED) is 0.429. The van der Waals surface area contributed by atoms with Crippen LogP contribution in [-0.4, -0.2) is 24.0 Å². The summed E-state index contributed by atoms with van der Waals surface area (Å²) in [6.45, 7) is 1.51. The number of ether oxygens (including phenoxy) is 2. The van der Waals surface area contributed by atoms with Crippen LogP contribution in [0.4, 0.5) is 10.7 Å². The fraction of sp³-hybridized carbons (Fsp3) is 0.400. The number of nitriles is 1. The molecule has 3 rings (SSSR count). The van der Waals surface area contributed by atoms with Gasteiger partial charge in [0.25, 0.3) is 5.91 Å². The van der Waals surface area contributed by atoms with Gasteiger partial charge in [0.1, 0.15) is 16.8 Å². The lowest BCUT2D eigenvalue weighted by Gasteiger charge is -2.14. The van der Waals surface area contributed by atoms with Gasteiger partial charge in [-0.05, 0) is 50.3 Å². The van der Waals surface area contributed by atoms with Crippen molar-refractivity contribution in [3.63, 3.8) is 0 Å². The predicted octanol–water partition coefficient (Wildman–Crippen LogP) is 4.21. The van der Waals surface area contributed by atoms with Gasteiger partial charge in [0, 0.05) is 4.88 Å². The van der Waals surface area contributed by atoms with Gasteiger partial charge in [-0.25, -0.2) is 0 Å². The van der Waals surface area contributed by atoms with E-state index in [1.165, 1.54) is 43.6 Å². The van der Waals surface area contributed by atoms with Crippen LogP contribution in [0.5, 0.6) is 11.5 Å². The summed E-state index contributed by atoms with van der Waals surface area (Å²) in [5.41, 5.74) is 1.26. The summed E-state index contributed by atoms with van der Waals surface area (Å²) >= 11 is 1.43. The Morgan fingerprint density at radius 1 is 1.34 bits per heavy atom. The molecule has 2 aromatic rings. The van der Waals surface area contributed by atoms with Crippen LogP contribution in [0.15, 0.2) is 18.2 Å². The number of nitro benzene ring substituents is 1. The molecule has 1 aliphatic carbocycles. The first-order valence-electron chi connectivity index (χ1n) is 9.29. The Morgan fingerprint density at radius 2 is 2.10 bits per heavy atom. The summed E-state index contributed by atoms with van der Waals surface area (Å²) in [6.07, 6.45) is 4.01. The maximum absolute atomic E-state index is 12.6. The number of nitrogens with zero attached hydrogens (tertiary/aromatic N) is 2. The van der Waals surface area contributed by atoms with E-state index in [0.717, 1.165) is 42.5 Å². The molecule has 8 nitrogen and oxygen atoms in total. The normalized spacial score (nSPS) is 14.1. The minimum Gasteiger partial charge on any atom is -0.496 e. The first kappa shape index (κ1) is 20.6. The molecule has 0 spiro atoms. The molecule has 1 heterocycles. The van der Waals surface area contributed by atoms with E-state index >= 15 is 0 Å². The van der Waals surface area contributed by atoms with E-state index < -0.39 is 16.9 Å². The fourth-order valence-electron chi connectivity index (χ4n) is 3.27. The van der Waals surface area contributed by atoms with E-state index in [4.69, 9.17) is 9.47 Å². The number of aryl methyl sites for hydroxylation is 1. The summed E-state index contributed by atoms with van der Waals surface area (Å²) in [6, 6.07) is 6.38. The zero-order chi connectivity index (χ0) is 21.0. The number of hydrogen-bond donors (Lipinski definition) is 1. The lowest BCUT2D eigenvalue weighted by Crippen LogP contribution is -2.30. The molecule has 1 atom stereocenters. The van der Waals surface area contributed by atoms with Gasteiger partial charge >= 0.3 is 5.69 Å². The van der Waals surface area contributed by atoms with Crippen LogP contribution >= 0.6 is 11.3 Å². The number of nitrogens with one attached hydrogen (secondary N) is 1. The van der Waals surface area contributed by atoms with Gasteiger partial charge in [0.15, 0.2) is 11.9 Å². The van der Waals surface area contributed by atoms with Crippen molar-refractivity contribution in [1.29, 1.82) is 5.26 Å². The number of carbonyl (C=O) groups excluding carboxylic acids is 1. The highest BCUT2D eigenvalue weighted by atomic mass is 32.1. The van der Waals surface area contributed by atoms with E-state index in [1.54, 1.807) is 0 Å². The highest BCUT2D eigenvalue weighted by Crippen LogP contribution is 2.37. The van der Waals surface area contributed by atoms with Crippen LogP contribution in [0, 0.1) is 21.4 Å². The molecule has 1 N–H and O–H groups in total. The predicted molar refractivity (Wildman–Crippen MR) is 109 cm³/mol. The number of nitro groups is 1. The van der Waals surface area contributed by atoms with Crippen molar-refractivity contribution in [2.45, 2.75) is 45.1 Å². The maximum Gasteiger partial charge on any atom is 0.314 e. The lowest BCUT2D eigenvalue weighted by atomic mass is 10.1.